The Labute approximate surface area is 155 Å². The molecule has 0 bridgehead atoms. The van der Waals surface area contributed by atoms with Crippen LogP contribution >= 0.6 is 0 Å². The molecule has 0 aliphatic rings. The lowest BCUT2D eigenvalue weighted by atomic mass is 10.1. The molecule has 0 saturated carbocycles. The number of hydrazine groups is 1. The number of amides is 2. The summed E-state index contributed by atoms with van der Waals surface area (Å²) in [4.78, 5) is 33.6. The molecule has 0 aliphatic heterocycles. The van der Waals surface area contributed by atoms with Crippen LogP contribution in [0.2, 0.25) is 0 Å². The van der Waals surface area contributed by atoms with Crippen LogP contribution in [0.1, 0.15) is 11.1 Å². The van der Waals surface area contributed by atoms with Gasteiger partial charge in [0.15, 0.2) is 6.61 Å². The molecule has 2 aromatic rings. The Morgan fingerprint density at radius 2 is 1.81 bits per heavy atom. The summed E-state index contributed by atoms with van der Waals surface area (Å²) >= 11 is 0. The molecule has 2 amide bonds. The first-order chi connectivity index (χ1) is 12.8. The highest BCUT2D eigenvalue weighted by Gasteiger charge is 2.09. The predicted molar refractivity (Wildman–Crippen MR) is 99.3 cm³/mol. The van der Waals surface area contributed by atoms with Crippen molar-refractivity contribution in [2.45, 2.75) is 13.8 Å². The van der Waals surface area contributed by atoms with Crippen LogP contribution in [0.4, 0.5) is 11.4 Å². The number of benzene rings is 2. The van der Waals surface area contributed by atoms with Crippen molar-refractivity contribution in [3.05, 3.63) is 63.7 Å². The molecule has 27 heavy (non-hydrogen) atoms. The van der Waals surface area contributed by atoms with E-state index in [0.29, 0.717) is 0 Å². The molecule has 0 heterocycles. The van der Waals surface area contributed by atoms with E-state index in [2.05, 4.69) is 16.2 Å². The van der Waals surface area contributed by atoms with Gasteiger partial charge >= 0.3 is 0 Å². The number of carbonyl (C=O) groups excluding carboxylic acids is 2. The molecule has 0 fully saturated rings. The molecule has 3 N–H and O–H groups in total. The van der Waals surface area contributed by atoms with Crippen LogP contribution in [-0.4, -0.2) is 29.9 Å². The third-order valence-corrected chi connectivity index (χ3v) is 3.56. The van der Waals surface area contributed by atoms with Crippen molar-refractivity contribution in [1.29, 1.82) is 0 Å². The Morgan fingerprint density at radius 1 is 1.07 bits per heavy atom. The van der Waals surface area contributed by atoms with Crippen molar-refractivity contribution in [1.82, 2.24) is 10.9 Å². The van der Waals surface area contributed by atoms with Crippen molar-refractivity contribution >= 4 is 23.2 Å². The van der Waals surface area contributed by atoms with E-state index in [0.717, 1.165) is 16.8 Å². The Morgan fingerprint density at radius 3 is 2.52 bits per heavy atom. The van der Waals surface area contributed by atoms with Gasteiger partial charge in [-0.25, -0.2) is 0 Å². The number of hydrogen-bond acceptors (Lipinski definition) is 6. The minimum atomic E-state index is -0.596. The molecule has 0 unspecified atom stereocenters. The molecule has 0 aliphatic carbocycles. The van der Waals surface area contributed by atoms with E-state index < -0.39 is 23.3 Å². The van der Waals surface area contributed by atoms with Crippen molar-refractivity contribution in [2.24, 2.45) is 0 Å². The maximum absolute atomic E-state index is 11.8. The number of hydrogen-bond donors (Lipinski definition) is 3. The highest BCUT2D eigenvalue weighted by molar-refractivity contribution is 5.85. The molecule has 0 spiro atoms. The first-order valence-electron chi connectivity index (χ1n) is 8.11. The summed E-state index contributed by atoms with van der Waals surface area (Å²) in [5.41, 5.74) is 7.30. The largest absolute Gasteiger partial charge is 0.483 e. The molecule has 2 rings (SSSR count). The summed E-state index contributed by atoms with van der Waals surface area (Å²) < 4.78 is 5.16. The Hall–Kier alpha value is -3.62. The fourth-order valence-corrected chi connectivity index (χ4v) is 2.24. The van der Waals surface area contributed by atoms with Gasteiger partial charge in [0, 0.05) is 11.8 Å². The summed E-state index contributed by atoms with van der Waals surface area (Å²) in [7, 11) is 0. The van der Waals surface area contributed by atoms with Crippen molar-refractivity contribution in [3.63, 3.8) is 0 Å². The second kappa shape index (κ2) is 9.18. The van der Waals surface area contributed by atoms with Crippen molar-refractivity contribution < 1.29 is 19.2 Å². The van der Waals surface area contributed by atoms with E-state index in [-0.39, 0.29) is 18.0 Å². The SMILES string of the molecule is Cc1ccc(NCC(=O)NNC(=O)COc2cccc([N+](=O)[O-])c2)c(C)c1. The quantitative estimate of drug-likeness (QED) is 0.503. The number of rotatable bonds is 7. The molecule has 2 aromatic carbocycles. The predicted octanol–water partition coefficient (Wildman–Crippen LogP) is 1.85. The first-order valence-corrected chi connectivity index (χ1v) is 8.11. The lowest BCUT2D eigenvalue weighted by Gasteiger charge is -2.11. The van der Waals surface area contributed by atoms with Gasteiger partial charge in [-0.15, -0.1) is 0 Å². The number of non-ortho nitro benzene ring substituents is 1. The maximum atomic E-state index is 11.8. The zero-order valence-corrected chi connectivity index (χ0v) is 14.9. The van der Waals surface area contributed by atoms with E-state index in [1.165, 1.54) is 24.3 Å². The molecule has 0 saturated heterocycles. The summed E-state index contributed by atoms with van der Waals surface area (Å²) in [6.07, 6.45) is 0. The lowest BCUT2D eigenvalue weighted by molar-refractivity contribution is -0.384. The molecular weight excluding hydrogens is 352 g/mol. The molecule has 9 heteroatoms. The number of aryl methyl sites for hydroxylation is 2. The third kappa shape index (κ3) is 6.31. The van der Waals surface area contributed by atoms with Crippen molar-refractivity contribution in [3.8, 4) is 5.75 Å². The average molecular weight is 372 g/mol. The third-order valence-electron chi connectivity index (χ3n) is 3.56. The van der Waals surface area contributed by atoms with Gasteiger partial charge in [-0.05, 0) is 31.5 Å². The first kappa shape index (κ1) is 19.7. The van der Waals surface area contributed by atoms with E-state index in [9.17, 15) is 19.7 Å². The lowest BCUT2D eigenvalue weighted by Crippen LogP contribution is -2.46. The second-order valence-corrected chi connectivity index (χ2v) is 5.81. The van der Waals surface area contributed by atoms with Gasteiger partial charge in [0.25, 0.3) is 17.5 Å². The van der Waals surface area contributed by atoms with Gasteiger partial charge in [0.05, 0.1) is 17.5 Å². The topological polar surface area (TPSA) is 123 Å². The smallest absolute Gasteiger partial charge is 0.276 e. The summed E-state index contributed by atoms with van der Waals surface area (Å²) in [5.74, 6) is -0.845. The number of nitrogens with zero attached hydrogens (tertiary/aromatic N) is 1. The molecule has 0 atom stereocenters. The average Bonchev–Trinajstić information content (AvgIpc) is 2.64. The van der Waals surface area contributed by atoms with Gasteiger partial charge < -0.3 is 10.1 Å². The Kier molecular flexibility index (Phi) is 6.70. The minimum absolute atomic E-state index is 0.0179. The molecule has 9 nitrogen and oxygen atoms in total. The number of carbonyl (C=O) groups is 2. The number of nitrogens with one attached hydrogen (secondary N) is 3. The fourth-order valence-electron chi connectivity index (χ4n) is 2.24. The highest BCUT2D eigenvalue weighted by Crippen LogP contribution is 2.18. The van der Waals surface area contributed by atoms with Gasteiger partial charge in [-0.1, -0.05) is 23.8 Å². The minimum Gasteiger partial charge on any atom is -0.483 e. The molecule has 142 valence electrons. The van der Waals surface area contributed by atoms with Gasteiger partial charge in [0.2, 0.25) is 0 Å². The summed E-state index contributed by atoms with van der Waals surface area (Å²) in [6.45, 7) is 3.50. The summed E-state index contributed by atoms with van der Waals surface area (Å²) in [5, 5.41) is 13.7. The van der Waals surface area contributed by atoms with E-state index in [4.69, 9.17) is 4.74 Å². The Bertz CT molecular complexity index is 853. The number of nitro groups is 1. The second-order valence-electron chi connectivity index (χ2n) is 5.81. The standard InChI is InChI=1S/C18H20N4O5/c1-12-6-7-16(13(2)8-12)19-10-17(23)20-21-18(24)11-27-15-5-3-4-14(9-15)22(25)26/h3-9,19H,10-11H2,1-2H3,(H,20,23)(H,21,24). The zero-order chi connectivity index (χ0) is 19.8. The molecule has 0 radical (unpaired) electrons. The van der Waals surface area contributed by atoms with Crippen LogP contribution in [0.25, 0.3) is 0 Å². The highest BCUT2D eigenvalue weighted by atomic mass is 16.6. The van der Waals surface area contributed by atoms with Crippen LogP contribution in [0, 0.1) is 24.0 Å². The molecular formula is C18H20N4O5. The van der Waals surface area contributed by atoms with Crippen LogP contribution in [0.15, 0.2) is 42.5 Å². The van der Waals surface area contributed by atoms with Crippen LogP contribution < -0.4 is 20.9 Å². The number of nitro benzene ring substituents is 1. The van der Waals surface area contributed by atoms with E-state index in [1.54, 1.807) is 0 Å². The van der Waals surface area contributed by atoms with Crippen LogP contribution in [-0.2, 0) is 9.59 Å². The van der Waals surface area contributed by atoms with E-state index >= 15 is 0 Å². The van der Waals surface area contributed by atoms with Gasteiger partial charge in [-0.3, -0.25) is 30.6 Å². The van der Waals surface area contributed by atoms with Gasteiger partial charge in [0.1, 0.15) is 5.75 Å². The monoisotopic (exact) mass is 372 g/mol. The van der Waals surface area contributed by atoms with Crippen molar-refractivity contribution in [2.75, 3.05) is 18.5 Å². The number of ether oxygens (including phenoxy) is 1. The normalized spacial score (nSPS) is 10.0. The molecule has 0 aromatic heterocycles. The Balaban J connectivity index is 1.72. The van der Waals surface area contributed by atoms with Crippen LogP contribution in [0.5, 0.6) is 5.75 Å². The van der Waals surface area contributed by atoms with E-state index in [1.807, 2.05) is 32.0 Å². The summed E-state index contributed by atoms with van der Waals surface area (Å²) in [6, 6.07) is 11.3. The number of anilines is 1. The fraction of sp³-hybridized carbons (Fsp3) is 0.222. The van der Waals surface area contributed by atoms with Gasteiger partial charge in [-0.2, -0.15) is 0 Å². The maximum Gasteiger partial charge on any atom is 0.276 e. The zero-order valence-electron chi connectivity index (χ0n) is 14.9. The van der Waals surface area contributed by atoms with Crippen LogP contribution in [0.3, 0.4) is 0 Å².